The van der Waals surface area contributed by atoms with Crippen molar-refractivity contribution < 1.29 is 9.53 Å². The number of amides is 1. The summed E-state index contributed by atoms with van der Waals surface area (Å²) in [6.07, 6.45) is 3.53. The molecule has 0 radical (unpaired) electrons. The number of carbonyl (C=O) groups is 1. The van der Waals surface area contributed by atoms with Crippen LogP contribution >= 0.6 is 11.8 Å². The predicted molar refractivity (Wildman–Crippen MR) is 70.0 cm³/mol. The Bertz CT molecular complexity index is 537. The van der Waals surface area contributed by atoms with Gasteiger partial charge in [-0.3, -0.25) is 9.36 Å². The molecule has 0 bridgehead atoms. The van der Waals surface area contributed by atoms with Gasteiger partial charge in [-0.05, 0) is 24.3 Å². The van der Waals surface area contributed by atoms with E-state index in [0.29, 0.717) is 0 Å². The highest BCUT2D eigenvalue weighted by Crippen LogP contribution is 2.21. The van der Waals surface area contributed by atoms with Crippen molar-refractivity contribution in [3.8, 4) is 11.4 Å². The summed E-state index contributed by atoms with van der Waals surface area (Å²) in [6.45, 7) is 0. The fourth-order valence-corrected chi connectivity index (χ4v) is 2.18. The van der Waals surface area contributed by atoms with Gasteiger partial charge in [0.2, 0.25) is 5.91 Å². The van der Waals surface area contributed by atoms with Crippen molar-refractivity contribution in [1.82, 2.24) is 9.55 Å². The van der Waals surface area contributed by atoms with Gasteiger partial charge in [0.1, 0.15) is 5.75 Å². The Labute approximate surface area is 109 Å². The molecule has 6 heteroatoms. The summed E-state index contributed by atoms with van der Waals surface area (Å²) in [4.78, 5) is 15.0. The van der Waals surface area contributed by atoms with Gasteiger partial charge in [0.25, 0.3) is 0 Å². The third kappa shape index (κ3) is 2.84. The van der Waals surface area contributed by atoms with Crippen molar-refractivity contribution in [2.75, 3.05) is 12.9 Å². The largest absolute Gasteiger partial charge is 0.497 e. The Morgan fingerprint density at radius 1 is 1.44 bits per heavy atom. The van der Waals surface area contributed by atoms with Crippen LogP contribution in [0, 0.1) is 0 Å². The summed E-state index contributed by atoms with van der Waals surface area (Å²) in [7, 11) is 1.63. The van der Waals surface area contributed by atoms with E-state index in [1.54, 1.807) is 13.3 Å². The van der Waals surface area contributed by atoms with Gasteiger partial charge in [0.15, 0.2) is 5.16 Å². The van der Waals surface area contributed by atoms with E-state index < -0.39 is 0 Å². The lowest BCUT2D eigenvalue weighted by molar-refractivity contribution is -0.115. The van der Waals surface area contributed by atoms with E-state index in [0.717, 1.165) is 16.6 Å². The summed E-state index contributed by atoms with van der Waals surface area (Å²) >= 11 is 1.31. The number of hydrogen-bond acceptors (Lipinski definition) is 4. The fourth-order valence-electron chi connectivity index (χ4n) is 1.47. The second-order valence-corrected chi connectivity index (χ2v) is 4.48. The minimum absolute atomic E-state index is 0.215. The molecule has 1 aromatic carbocycles. The van der Waals surface area contributed by atoms with Crippen LogP contribution in [-0.2, 0) is 4.79 Å². The summed E-state index contributed by atoms with van der Waals surface area (Å²) < 4.78 is 7.00. The highest BCUT2D eigenvalue weighted by molar-refractivity contribution is 7.99. The highest BCUT2D eigenvalue weighted by Gasteiger charge is 2.07. The molecule has 0 spiro atoms. The molecular weight excluding hydrogens is 250 g/mol. The SMILES string of the molecule is COc1ccc(-n2ccnc2SCC(N)=O)cc1. The number of aromatic nitrogens is 2. The van der Waals surface area contributed by atoms with Crippen LogP contribution < -0.4 is 10.5 Å². The summed E-state index contributed by atoms with van der Waals surface area (Å²) in [6, 6.07) is 7.60. The molecule has 5 nitrogen and oxygen atoms in total. The first-order chi connectivity index (χ1) is 8.70. The number of rotatable bonds is 5. The highest BCUT2D eigenvalue weighted by atomic mass is 32.2. The molecule has 2 rings (SSSR count). The van der Waals surface area contributed by atoms with E-state index in [4.69, 9.17) is 10.5 Å². The van der Waals surface area contributed by atoms with E-state index in [2.05, 4.69) is 4.98 Å². The van der Waals surface area contributed by atoms with Crippen molar-refractivity contribution in [2.24, 2.45) is 5.73 Å². The molecule has 1 heterocycles. The minimum atomic E-state index is -0.357. The zero-order valence-electron chi connectivity index (χ0n) is 9.87. The van der Waals surface area contributed by atoms with Gasteiger partial charge in [-0.15, -0.1) is 0 Å². The van der Waals surface area contributed by atoms with Crippen molar-refractivity contribution in [3.05, 3.63) is 36.7 Å². The van der Waals surface area contributed by atoms with Crippen LogP contribution in [0.4, 0.5) is 0 Å². The predicted octanol–water partition coefficient (Wildman–Crippen LogP) is 1.46. The lowest BCUT2D eigenvalue weighted by Gasteiger charge is -2.07. The molecule has 0 aliphatic rings. The molecular formula is C12H13N3O2S. The molecule has 0 atom stereocenters. The topological polar surface area (TPSA) is 70.1 Å². The number of hydrogen-bond donors (Lipinski definition) is 1. The van der Waals surface area contributed by atoms with Crippen LogP contribution in [-0.4, -0.2) is 28.3 Å². The van der Waals surface area contributed by atoms with Gasteiger partial charge in [-0.25, -0.2) is 4.98 Å². The Hall–Kier alpha value is -1.95. The van der Waals surface area contributed by atoms with E-state index in [1.165, 1.54) is 11.8 Å². The number of methoxy groups -OCH3 is 1. The molecule has 2 aromatic rings. The lowest BCUT2D eigenvalue weighted by atomic mass is 10.3. The Morgan fingerprint density at radius 2 is 2.17 bits per heavy atom. The first-order valence-corrected chi connectivity index (χ1v) is 6.28. The van der Waals surface area contributed by atoms with Crippen LogP contribution in [0.15, 0.2) is 41.8 Å². The van der Waals surface area contributed by atoms with Gasteiger partial charge >= 0.3 is 0 Å². The first-order valence-electron chi connectivity index (χ1n) is 5.29. The maximum Gasteiger partial charge on any atom is 0.227 e. The van der Waals surface area contributed by atoms with Gasteiger partial charge in [0.05, 0.1) is 12.9 Å². The van der Waals surface area contributed by atoms with Crippen LogP contribution in [0.5, 0.6) is 5.75 Å². The molecule has 1 amide bonds. The maximum absolute atomic E-state index is 10.8. The standard InChI is InChI=1S/C12H13N3O2S/c1-17-10-4-2-9(3-5-10)15-7-6-14-12(15)18-8-11(13)16/h2-7H,8H2,1H3,(H2,13,16). The van der Waals surface area contributed by atoms with Crippen LogP contribution in [0.3, 0.4) is 0 Å². The number of primary amides is 1. The molecule has 0 aliphatic heterocycles. The molecule has 2 N–H and O–H groups in total. The average molecular weight is 263 g/mol. The second-order valence-electron chi connectivity index (χ2n) is 3.53. The molecule has 0 aliphatic carbocycles. The molecule has 18 heavy (non-hydrogen) atoms. The molecule has 0 saturated carbocycles. The van der Waals surface area contributed by atoms with E-state index >= 15 is 0 Å². The number of benzene rings is 1. The number of ether oxygens (including phenoxy) is 1. The molecule has 94 valence electrons. The quantitative estimate of drug-likeness (QED) is 0.829. The zero-order valence-corrected chi connectivity index (χ0v) is 10.7. The van der Waals surface area contributed by atoms with Crippen LogP contribution in [0.1, 0.15) is 0 Å². The van der Waals surface area contributed by atoms with Crippen molar-refractivity contribution in [1.29, 1.82) is 0 Å². The molecule has 1 aromatic heterocycles. The normalized spacial score (nSPS) is 10.3. The van der Waals surface area contributed by atoms with E-state index in [1.807, 2.05) is 35.0 Å². The monoisotopic (exact) mass is 263 g/mol. The van der Waals surface area contributed by atoms with Crippen molar-refractivity contribution >= 4 is 17.7 Å². The first kappa shape index (κ1) is 12.5. The van der Waals surface area contributed by atoms with Gasteiger partial charge in [-0.2, -0.15) is 0 Å². The Morgan fingerprint density at radius 3 is 2.78 bits per heavy atom. The summed E-state index contributed by atoms with van der Waals surface area (Å²) in [5.41, 5.74) is 6.08. The van der Waals surface area contributed by atoms with E-state index in [9.17, 15) is 4.79 Å². The Balaban J connectivity index is 2.21. The van der Waals surface area contributed by atoms with Gasteiger partial charge < -0.3 is 10.5 Å². The van der Waals surface area contributed by atoms with Crippen LogP contribution in [0.2, 0.25) is 0 Å². The third-order valence-corrected chi connectivity index (χ3v) is 3.29. The van der Waals surface area contributed by atoms with Crippen LogP contribution in [0.25, 0.3) is 5.69 Å². The average Bonchev–Trinajstić information content (AvgIpc) is 2.85. The van der Waals surface area contributed by atoms with Gasteiger partial charge in [0, 0.05) is 18.1 Å². The van der Waals surface area contributed by atoms with Gasteiger partial charge in [-0.1, -0.05) is 11.8 Å². The Kier molecular flexibility index (Phi) is 3.88. The summed E-state index contributed by atoms with van der Waals surface area (Å²) in [5.74, 6) is 0.655. The van der Waals surface area contributed by atoms with E-state index in [-0.39, 0.29) is 11.7 Å². The smallest absolute Gasteiger partial charge is 0.227 e. The number of thioether (sulfide) groups is 1. The number of imidazole rings is 1. The summed E-state index contributed by atoms with van der Waals surface area (Å²) in [5, 5.41) is 0.735. The number of nitrogens with zero attached hydrogens (tertiary/aromatic N) is 2. The van der Waals surface area contributed by atoms with Crippen molar-refractivity contribution in [2.45, 2.75) is 5.16 Å². The zero-order chi connectivity index (χ0) is 13.0. The minimum Gasteiger partial charge on any atom is -0.497 e. The fraction of sp³-hybridized carbons (Fsp3) is 0.167. The number of carbonyl (C=O) groups excluding carboxylic acids is 1. The molecule has 0 unspecified atom stereocenters. The second kappa shape index (κ2) is 5.59. The number of nitrogens with two attached hydrogens (primary N) is 1. The molecule has 0 fully saturated rings. The maximum atomic E-state index is 10.8. The third-order valence-electron chi connectivity index (χ3n) is 2.30. The lowest BCUT2D eigenvalue weighted by Crippen LogP contribution is -2.13. The molecule has 0 saturated heterocycles. The van der Waals surface area contributed by atoms with Crippen molar-refractivity contribution in [3.63, 3.8) is 0 Å².